The summed E-state index contributed by atoms with van der Waals surface area (Å²) < 4.78 is 34.5. The van der Waals surface area contributed by atoms with Crippen molar-refractivity contribution in [1.82, 2.24) is 0 Å². The van der Waals surface area contributed by atoms with Crippen LogP contribution in [0.2, 0.25) is 0 Å². The first-order valence-corrected chi connectivity index (χ1v) is 32.2. The lowest BCUT2D eigenvalue weighted by atomic mass is 9.98. The molecule has 0 spiro atoms. The fourth-order valence-electron chi connectivity index (χ4n) is 9.80. The fourth-order valence-corrected chi connectivity index (χ4v) is 9.80. The minimum absolute atomic E-state index is 0.0417. The number of carbonyl (C=O) groups is 1. The molecule has 14 heteroatoms. The van der Waals surface area contributed by atoms with E-state index in [1.165, 1.54) is 109 Å². The van der Waals surface area contributed by atoms with Crippen LogP contribution in [-0.4, -0.2) is 142 Å². The van der Waals surface area contributed by atoms with E-state index >= 15 is 0 Å². The lowest BCUT2D eigenvalue weighted by Crippen LogP contribution is -2.61. The summed E-state index contributed by atoms with van der Waals surface area (Å²) >= 11 is 0. The summed E-state index contributed by atoms with van der Waals surface area (Å²) in [6.07, 6.45) is 53.6. The Bertz CT molecular complexity index is 1660. The minimum atomic E-state index is -1.72. The molecule has 7 N–H and O–H groups in total. The second-order valence-electron chi connectivity index (χ2n) is 22.2. The molecule has 0 saturated carbocycles. The van der Waals surface area contributed by atoms with Crippen LogP contribution in [0.5, 0.6) is 0 Å². The lowest BCUT2D eigenvalue weighted by Gasteiger charge is -2.42. The number of unbranched alkanes of at least 4 members (excludes halogenated alkanes) is 24. The van der Waals surface area contributed by atoms with Gasteiger partial charge in [-0.1, -0.05) is 240 Å². The van der Waals surface area contributed by atoms with E-state index in [2.05, 4.69) is 98.9 Å². The van der Waals surface area contributed by atoms with Gasteiger partial charge in [0.15, 0.2) is 12.6 Å². The number of hydrogen-bond acceptors (Lipinski definition) is 14. The molecule has 2 aliphatic heterocycles. The second-order valence-corrected chi connectivity index (χ2v) is 22.2. The number of esters is 1. The summed E-state index contributed by atoms with van der Waals surface area (Å²) in [4.78, 5) is 13.1. The van der Waals surface area contributed by atoms with E-state index in [1.54, 1.807) is 0 Å². The number of allylic oxidation sites excluding steroid dienone is 14. The maximum Gasteiger partial charge on any atom is 0.306 e. The van der Waals surface area contributed by atoms with Gasteiger partial charge in [0.05, 0.1) is 26.4 Å². The molecule has 0 aromatic rings. The average molecular weight is 1150 g/mol. The third-order valence-electron chi connectivity index (χ3n) is 14.9. The summed E-state index contributed by atoms with van der Waals surface area (Å²) in [5, 5.41) is 72.5. The van der Waals surface area contributed by atoms with Crippen molar-refractivity contribution in [3.63, 3.8) is 0 Å². The Morgan fingerprint density at radius 1 is 0.420 bits per heavy atom. The molecule has 0 amide bonds. The quantitative estimate of drug-likeness (QED) is 0.0172. The molecule has 0 aromatic carbocycles. The molecule has 11 atom stereocenters. The minimum Gasteiger partial charge on any atom is -0.457 e. The van der Waals surface area contributed by atoms with E-state index in [9.17, 15) is 40.5 Å². The van der Waals surface area contributed by atoms with Gasteiger partial charge in [-0.05, 0) is 70.6 Å². The zero-order valence-electron chi connectivity index (χ0n) is 50.5. The van der Waals surface area contributed by atoms with Crippen LogP contribution in [0.3, 0.4) is 0 Å². The summed E-state index contributed by atoms with van der Waals surface area (Å²) in [5.74, 6) is -0.384. The first-order valence-electron chi connectivity index (χ1n) is 32.2. The maximum absolute atomic E-state index is 13.1. The standard InChI is InChI=1S/C67H116O14/c1-3-5-7-9-11-13-15-17-19-21-23-25-26-27-28-29-31-33-35-37-39-41-43-45-47-49-51-76-53-56(54-77-66-65(75)63(73)61(71)58(81-66)55-78-67-64(74)62(72)60(70)57(52-68)80-67)79-59(69)50-48-46-44-42-40-38-36-34-32-30-24-22-20-18-16-14-12-10-8-6-4-2/h5,7,11,13,17,19,23,25,27-28,31,33,37,39,56-58,60-68,70-75H,3-4,6,8-10,12,14-16,18,20-22,24,26,29-30,32,34-36,38,40-55H2,1-2H3/b7-5-,13-11-,19-17-,25-23-,28-27-,33-31-,39-37-. The van der Waals surface area contributed by atoms with E-state index in [0.29, 0.717) is 13.0 Å². The molecule has 11 unspecified atom stereocenters. The highest BCUT2D eigenvalue weighted by Gasteiger charge is 2.47. The molecule has 468 valence electrons. The van der Waals surface area contributed by atoms with E-state index in [1.807, 2.05) is 0 Å². The Morgan fingerprint density at radius 2 is 0.802 bits per heavy atom. The number of aliphatic hydroxyl groups is 7. The normalized spacial score (nSPS) is 24.3. The summed E-state index contributed by atoms with van der Waals surface area (Å²) in [6, 6.07) is 0. The van der Waals surface area contributed by atoms with Gasteiger partial charge < -0.3 is 64.2 Å². The van der Waals surface area contributed by atoms with E-state index in [0.717, 1.165) is 96.3 Å². The Labute approximate surface area is 490 Å². The third-order valence-corrected chi connectivity index (χ3v) is 14.9. The molecule has 2 rings (SSSR count). The Kier molecular flexibility index (Phi) is 48.3. The zero-order chi connectivity index (χ0) is 58.6. The predicted molar refractivity (Wildman–Crippen MR) is 325 cm³/mol. The smallest absolute Gasteiger partial charge is 0.306 e. The fraction of sp³-hybridized carbons (Fsp3) is 0.776. The van der Waals surface area contributed by atoms with Gasteiger partial charge in [0.1, 0.15) is 54.9 Å². The molecule has 81 heavy (non-hydrogen) atoms. The van der Waals surface area contributed by atoms with Crippen molar-refractivity contribution >= 4 is 5.97 Å². The lowest BCUT2D eigenvalue weighted by molar-refractivity contribution is -0.332. The highest BCUT2D eigenvalue weighted by atomic mass is 16.7. The van der Waals surface area contributed by atoms with E-state index < -0.39 is 80.7 Å². The van der Waals surface area contributed by atoms with E-state index in [-0.39, 0.29) is 25.6 Å². The average Bonchev–Trinajstić information content (AvgIpc) is 3.60. The van der Waals surface area contributed by atoms with Crippen LogP contribution in [0.25, 0.3) is 0 Å². The monoisotopic (exact) mass is 1140 g/mol. The van der Waals surface area contributed by atoms with Crippen LogP contribution in [0.4, 0.5) is 0 Å². The molecule has 2 saturated heterocycles. The second kappa shape index (κ2) is 52.7. The van der Waals surface area contributed by atoms with Gasteiger partial charge >= 0.3 is 5.97 Å². The largest absolute Gasteiger partial charge is 0.457 e. The Morgan fingerprint density at radius 3 is 1.26 bits per heavy atom. The molecule has 2 aliphatic rings. The molecular formula is C67H116O14. The molecule has 2 fully saturated rings. The summed E-state index contributed by atoms with van der Waals surface area (Å²) in [5.41, 5.74) is 0. The van der Waals surface area contributed by atoms with E-state index in [4.69, 9.17) is 28.4 Å². The van der Waals surface area contributed by atoms with Crippen LogP contribution in [0.1, 0.15) is 232 Å². The van der Waals surface area contributed by atoms with Gasteiger partial charge in [-0.3, -0.25) is 4.79 Å². The van der Waals surface area contributed by atoms with Crippen LogP contribution in [-0.2, 0) is 33.2 Å². The number of hydrogen-bond donors (Lipinski definition) is 7. The molecule has 0 radical (unpaired) electrons. The van der Waals surface area contributed by atoms with Crippen molar-refractivity contribution in [3.8, 4) is 0 Å². The topological polar surface area (TPSA) is 214 Å². The Hall–Kier alpha value is -2.83. The van der Waals surface area contributed by atoms with Crippen molar-refractivity contribution in [1.29, 1.82) is 0 Å². The number of carbonyl (C=O) groups excluding carboxylic acids is 1. The van der Waals surface area contributed by atoms with Gasteiger partial charge in [0, 0.05) is 13.0 Å². The molecule has 0 aliphatic carbocycles. The third kappa shape index (κ3) is 38.7. The van der Waals surface area contributed by atoms with Gasteiger partial charge in [0.25, 0.3) is 0 Å². The van der Waals surface area contributed by atoms with Crippen LogP contribution in [0, 0.1) is 0 Å². The maximum atomic E-state index is 13.1. The molecule has 0 aromatic heterocycles. The van der Waals surface area contributed by atoms with Crippen molar-refractivity contribution < 1.29 is 69.0 Å². The summed E-state index contributed by atoms with van der Waals surface area (Å²) in [7, 11) is 0. The predicted octanol–water partition coefficient (Wildman–Crippen LogP) is 12.8. The van der Waals surface area contributed by atoms with Crippen molar-refractivity contribution in [2.75, 3.05) is 33.0 Å². The SMILES string of the molecule is CC/C=C\C/C=C\C/C=C\C/C=C\C/C=C\C/C=C\C/C=C\CCCCCCOCC(COC1OC(COC2OC(CO)C(O)C(O)C2O)C(O)C(O)C1O)OC(=O)CCCCCCCCCCCCCCCCCCCCCCC. The number of aliphatic hydroxyl groups excluding tert-OH is 7. The summed E-state index contributed by atoms with van der Waals surface area (Å²) in [6.45, 7) is 3.54. The van der Waals surface area contributed by atoms with Crippen molar-refractivity contribution in [3.05, 3.63) is 85.1 Å². The highest BCUT2D eigenvalue weighted by Crippen LogP contribution is 2.27. The van der Waals surface area contributed by atoms with Gasteiger partial charge in [-0.15, -0.1) is 0 Å². The Balaban J connectivity index is 1.70. The van der Waals surface area contributed by atoms with Gasteiger partial charge in [-0.25, -0.2) is 0 Å². The van der Waals surface area contributed by atoms with Crippen LogP contribution < -0.4 is 0 Å². The molecule has 2 heterocycles. The first kappa shape index (κ1) is 74.3. The highest BCUT2D eigenvalue weighted by molar-refractivity contribution is 5.69. The molecular weight excluding hydrogens is 1030 g/mol. The number of ether oxygens (including phenoxy) is 6. The van der Waals surface area contributed by atoms with Crippen molar-refractivity contribution in [2.24, 2.45) is 0 Å². The first-order chi connectivity index (χ1) is 39.6. The van der Waals surface area contributed by atoms with Gasteiger partial charge in [0.2, 0.25) is 0 Å². The number of rotatable bonds is 52. The molecule has 14 nitrogen and oxygen atoms in total. The van der Waals surface area contributed by atoms with Crippen LogP contribution in [0.15, 0.2) is 85.1 Å². The van der Waals surface area contributed by atoms with Gasteiger partial charge in [-0.2, -0.15) is 0 Å². The zero-order valence-corrected chi connectivity index (χ0v) is 50.5. The van der Waals surface area contributed by atoms with Crippen LogP contribution >= 0.6 is 0 Å². The van der Waals surface area contributed by atoms with Crippen molar-refractivity contribution in [2.45, 2.75) is 300 Å². The molecule has 0 bridgehead atoms.